The Morgan fingerprint density at radius 3 is 1.48 bits per heavy atom. The summed E-state index contributed by atoms with van der Waals surface area (Å²) in [6, 6.07) is 27.3. The molecular weight excluding hydrogens is 590 g/mol. The number of benzene rings is 3. The van der Waals surface area contributed by atoms with E-state index in [1.165, 1.54) is 7.11 Å². The fraction of sp³-hybridized carbons (Fsp3) is 0.400. The van der Waals surface area contributed by atoms with Crippen molar-refractivity contribution in [3.63, 3.8) is 0 Å². The first-order valence-corrected chi connectivity index (χ1v) is 15.4. The van der Waals surface area contributed by atoms with Crippen LogP contribution < -0.4 is 16.0 Å². The van der Waals surface area contributed by atoms with Crippen LogP contribution in [0.2, 0.25) is 0 Å². The smallest absolute Gasteiger partial charge is 0.408 e. The van der Waals surface area contributed by atoms with Gasteiger partial charge in [-0.1, -0.05) is 97.9 Å². The number of hydrogen-bond donors (Lipinski definition) is 3. The maximum atomic E-state index is 13.2. The molecule has 248 valence electrons. The molecule has 11 heteroatoms. The van der Waals surface area contributed by atoms with E-state index in [4.69, 9.17) is 23.7 Å². The van der Waals surface area contributed by atoms with Gasteiger partial charge in [-0.15, -0.1) is 0 Å². The molecule has 46 heavy (non-hydrogen) atoms. The van der Waals surface area contributed by atoms with Gasteiger partial charge in [-0.2, -0.15) is 0 Å². The molecule has 0 aliphatic carbocycles. The Hall–Kier alpha value is -4.61. The second kappa shape index (κ2) is 16.6. The largest absolute Gasteiger partial charge is 0.447 e. The topological polar surface area (TPSA) is 133 Å². The molecule has 0 radical (unpaired) electrons. The Kier molecular flexibility index (Phi) is 12.4. The summed E-state index contributed by atoms with van der Waals surface area (Å²) >= 11 is 0. The number of carbonyl (C=O) groups is 3. The highest BCUT2D eigenvalue weighted by molar-refractivity contribution is 5.69. The van der Waals surface area contributed by atoms with Crippen LogP contribution in [0, 0.1) is 5.92 Å². The van der Waals surface area contributed by atoms with Crippen molar-refractivity contribution in [3.05, 3.63) is 108 Å². The summed E-state index contributed by atoms with van der Waals surface area (Å²) in [7, 11) is 1.39. The van der Waals surface area contributed by atoms with Crippen LogP contribution in [0.15, 0.2) is 91.0 Å². The first kappa shape index (κ1) is 34.3. The van der Waals surface area contributed by atoms with Gasteiger partial charge in [0.1, 0.15) is 12.7 Å². The predicted octanol–water partition coefficient (Wildman–Crippen LogP) is 6.44. The van der Waals surface area contributed by atoms with Crippen LogP contribution in [0.4, 0.5) is 14.4 Å². The fourth-order valence-electron chi connectivity index (χ4n) is 5.24. The molecule has 1 heterocycles. The van der Waals surface area contributed by atoms with Crippen LogP contribution in [0.25, 0.3) is 0 Å². The molecular formula is C35H45N3O8. The van der Waals surface area contributed by atoms with E-state index in [1.807, 2.05) is 112 Å². The highest BCUT2D eigenvalue weighted by Gasteiger charge is 2.49. The average Bonchev–Trinajstić information content (AvgIpc) is 3.07. The van der Waals surface area contributed by atoms with Gasteiger partial charge in [0, 0.05) is 14.5 Å². The van der Waals surface area contributed by atoms with Gasteiger partial charge in [0.25, 0.3) is 0 Å². The lowest BCUT2D eigenvalue weighted by Gasteiger charge is -2.43. The molecule has 3 aromatic carbocycles. The highest BCUT2D eigenvalue weighted by atomic mass is 16.7. The van der Waals surface area contributed by atoms with Gasteiger partial charge in [0.05, 0.1) is 18.1 Å². The zero-order valence-corrected chi connectivity index (χ0v) is 26.8. The van der Waals surface area contributed by atoms with E-state index < -0.39 is 48.8 Å². The highest BCUT2D eigenvalue weighted by Crippen LogP contribution is 2.32. The third kappa shape index (κ3) is 9.45. The first-order chi connectivity index (χ1) is 22.2. The summed E-state index contributed by atoms with van der Waals surface area (Å²) in [5.41, 5.74) is 2.69. The molecule has 3 aromatic rings. The van der Waals surface area contributed by atoms with Crippen LogP contribution in [0.5, 0.6) is 0 Å². The first-order valence-electron chi connectivity index (χ1n) is 15.4. The van der Waals surface area contributed by atoms with Gasteiger partial charge in [0.15, 0.2) is 18.5 Å². The van der Waals surface area contributed by atoms with E-state index in [9.17, 15) is 14.4 Å². The molecule has 3 N–H and O–H groups in total. The molecule has 0 saturated carbocycles. The van der Waals surface area contributed by atoms with Gasteiger partial charge in [0.2, 0.25) is 0 Å². The number of nitrogens with one attached hydrogen (secondary N) is 3. The molecule has 1 aliphatic heterocycles. The summed E-state index contributed by atoms with van der Waals surface area (Å²) in [6.45, 7) is 7.11. The van der Waals surface area contributed by atoms with Gasteiger partial charge < -0.3 is 39.6 Å². The number of hydrogen-bond acceptors (Lipinski definition) is 8. The quantitative estimate of drug-likeness (QED) is 0.205. The van der Waals surface area contributed by atoms with Crippen molar-refractivity contribution in [3.8, 4) is 0 Å². The van der Waals surface area contributed by atoms with E-state index in [-0.39, 0.29) is 26.2 Å². The van der Waals surface area contributed by atoms with Gasteiger partial charge in [-0.3, -0.25) is 0 Å². The second-order valence-electron chi connectivity index (χ2n) is 11.3. The van der Waals surface area contributed by atoms with Crippen LogP contribution in [-0.4, -0.2) is 56.6 Å². The van der Waals surface area contributed by atoms with Crippen LogP contribution in [-0.2, 0) is 23.7 Å². The van der Waals surface area contributed by atoms with Gasteiger partial charge in [-0.25, -0.2) is 14.4 Å². The molecule has 4 rings (SSSR count). The summed E-state index contributed by atoms with van der Waals surface area (Å²) in [4.78, 5) is 39.0. The third-order valence-corrected chi connectivity index (χ3v) is 8.00. The number of methoxy groups -OCH3 is 1. The van der Waals surface area contributed by atoms with E-state index in [2.05, 4.69) is 16.0 Å². The average molecular weight is 636 g/mol. The Morgan fingerprint density at radius 2 is 1.07 bits per heavy atom. The maximum Gasteiger partial charge on any atom is 0.408 e. The number of alkyl carbamates (subject to hydrolysis) is 3. The SMILES string of the molecule is CO[C@H]1OC(COC(=O)N[C@@H](C)c2ccccc2)[C@@H](C)[C@H](OC(=O)N[C@H](C)c2ccccc2)C1OC(=O)N[C@H](C)c1ccccc1.[HH]. The molecule has 8 atom stereocenters. The molecule has 1 fully saturated rings. The van der Waals surface area contributed by atoms with Crippen LogP contribution >= 0.6 is 0 Å². The van der Waals surface area contributed by atoms with Gasteiger partial charge >= 0.3 is 18.3 Å². The number of carbonyl (C=O) groups excluding carboxylic acids is 3. The zero-order chi connectivity index (χ0) is 33.1. The van der Waals surface area contributed by atoms with Crippen molar-refractivity contribution < 1.29 is 39.5 Å². The molecule has 1 aliphatic rings. The maximum absolute atomic E-state index is 13.2. The Morgan fingerprint density at radius 1 is 0.674 bits per heavy atom. The van der Waals surface area contributed by atoms with E-state index in [1.54, 1.807) is 6.92 Å². The summed E-state index contributed by atoms with van der Waals surface area (Å²) in [5, 5.41) is 8.44. The Labute approximate surface area is 271 Å². The van der Waals surface area contributed by atoms with Crippen molar-refractivity contribution in [1.82, 2.24) is 16.0 Å². The second-order valence-corrected chi connectivity index (χ2v) is 11.3. The lowest BCUT2D eigenvalue weighted by molar-refractivity contribution is -0.278. The molecule has 0 spiro atoms. The molecule has 2 unspecified atom stereocenters. The van der Waals surface area contributed by atoms with Crippen molar-refractivity contribution in [2.24, 2.45) is 5.92 Å². The monoisotopic (exact) mass is 635 g/mol. The molecule has 0 aromatic heterocycles. The third-order valence-electron chi connectivity index (χ3n) is 8.00. The number of amides is 3. The van der Waals surface area contributed by atoms with Crippen molar-refractivity contribution >= 4 is 18.3 Å². The summed E-state index contributed by atoms with van der Waals surface area (Å²) < 4.78 is 28.9. The number of ether oxygens (including phenoxy) is 5. The minimum atomic E-state index is -1.14. The number of rotatable bonds is 11. The van der Waals surface area contributed by atoms with Crippen molar-refractivity contribution in [1.29, 1.82) is 0 Å². The molecule has 0 bridgehead atoms. The zero-order valence-electron chi connectivity index (χ0n) is 26.8. The van der Waals surface area contributed by atoms with Crippen molar-refractivity contribution in [2.75, 3.05) is 13.7 Å². The standard InChI is InChI=1S/C35H43N3O8.H2/c1-22-29(21-43-33(39)36-23(2)26-15-9-6-10-16-26)44-32(42-5)31(46-35(41)38-25(4)28-19-13-8-14-20-28)30(22)45-34(40)37-24(3)27-17-11-7-12-18-27;/h6-20,22-25,29-32H,21H2,1-5H3,(H,36,39)(H,37,40)(H,38,41);1H/t22-,23+,24-,25-,29?,30+,31?,32+;/m1./s1. The Bertz CT molecular complexity index is 1400. The molecule has 1 saturated heterocycles. The summed E-state index contributed by atoms with van der Waals surface area (Å²) in [6.07, 6.45) is -6.12. The Balaban J connectivity index is 0.00000600. The van der Waals surface area contributed by atoms with E-state index in [0.29, 0.717) is 0 Å². The molecule has 11 nitrogen and oxygen atoms in total. The van der Waals surface area contributed by atoms with Gasteiger partial charge in [-0.05, 0) is 37.5 Å². The van der Waals surface area contributed by atoms with E-state index in [0.717, 1.165) is 16.7 Å². The molecule has 3 amide bonds. The minimum absolute atomic E-state index is 0. The normalized spacial score (nSPS) is 22.8. The van der Waals surface area contributed by atoms with Crippen LogP contribution in [0.1, 0.15) is 63.9 Å². The van der Waals surface area contributed by atoms with Crippen LogP contribution in [0.3, 0.4) is 0 Å². The predicted molar refractivity (Wildman–Crippen MR) is 173 cm³/mol. The van der Waals surface area contributed by atoms with E-state index >= 15 is 0 Å². The lowest BCUT2D eigenvalue weighted by atomic mass is 9.90. The lowest BCUT2D eigenvalue weighted by Crippen LogP contribution is -2.59. The minimum Gasteiger partial charge on any atom is -0.447 e. The fourth-order valence-corrected chi connectivity index (χ4v) is 5.24. The van der Waals surface area contributed by atoms with Crippen molar-refractivity contribution in [2.45, 2.75) is 70.4 Å². The summed E-state index contributed by atoms with van der Waals surface area (Å²) in [5.74, 6) is -0.576.